The van der Waals surface area contributed by atoms with E-state index in [0.717, 1.165) is 0 Å². The lowest BCUT2D eigenvalue weighted by Crippen LogP contribution is -2.14. The fourth-order valence-corrected chi connectivity index (χ4v) is 3.85. The Morgan fingerprint density at radius 3 is 2.32 bits per heavy atom. The lowest BCUT2D eigenvalue weighted by atomic mass is 10.00. The number of nitrogens with one attached hydrogen (secondary N) is 1. The average molecular weight is 473 g/mol. The van der Waals surface area contributed by atoms with Gasteiger partial charge in [-0.05, 0) is 54.1 Å². The zero-order chi connectivity index (χ0) is 22.0. The van der Waals surface area contributed by atoms with Crippen molar-refractivity contribution in [3.63, 3.8) is 0 Å². The second-order valence-corrected chi connectivity index (χ2v) is 8.07. The van der Waals surface area contributed by atoms with E-state index in [4.69, 9.17) is 39.2 Å². The van der Waals surface area contributed by atoms with Gasteiger partial charge in [-0.2, -0.15) is 0 Å². The van der Waals surface area contributed by atoms with Crippen molar-refractivity contribution < 1.29 is 14.3 Å². The Morgan fingerprint density at radius 2 is 1.58 bits per heavy atom. The molecular weight excluding hydrogens is 457 g/mol. The van der Waals surface area contributed by atoms with Crippen molar-refractivity contribution in [2.45, 2.75) is 6.10 Å². The number of rotatable bonds is 5. The molecule has 1 unspecified atom stereocenters. The number of hydrogen-bond acceptors (Lipinski definition) is 3. The maximum Gasteiger partial charge on any atom is 0.291 e. The Balaban J connectivity index is 1.60. The average Bonchev–Trinajstić information content (AvgIpc) is 3.25. The normalized spacial score (nSPS) is 11.9. The first-order valence-corrected chi connectivity index (χ1v) is 10.4. The first kappa shape index (κ1) is 21.5. The molecule has 1 atom stereocenters. The molecule has 156 valence electrons. The number of furan rings is 1. The summed E-state index contributed by atoms with van der Waals surface area (Å²) in [7, 11) is 0. The highest BCUT2D eigenvalue weighted by Crippen LogP contribution is 2.33. The van der Waals surface area contributed by atoms with Crippen LogP contribution in [0.5, 0.6) is 0 Å². The lowest BCUT2D eigenvalue weighted by molar-refractivity contribution is 0.0997. The molecular formula is C24H16Cl3NO3. The van der Waals surface area contributed by atoms with E-state index in [0.29, 0.717) is 43.2 Å². The molecule has 2 N–H and O–H groups in total. The third-order valence-electron chi connectivity index (χ3n) is 4.70. The molecule has 4 rings (SSSR count). The molecule has 1 heterocycles. The Bertz CT molecular complexity index is 1240. The summed E-state index contributed by atoms with van der Waals surface area (Å²) in [6, 6.07) is 22.2. The zero-order valence-corrected chi connectivity index (χ0v) is 18.2. The minimum absolute atomic E-state index is 0.0936. The smallest absolute Gasteiger partial charge is 0.291 e. The molecule has 7 heteroatoms. The van der Waals surface area contributed by atoms with Crippen LogP contribution in [0.15, 0.2) is 83.3 Å². The van der Waals surface area contributed by atoms with Crippen LogP contribution in [0.4, 0.5) is 5.69 Å². The number of aliphatic hydroxyl groups excluding tert-OH is 1. The molecule has 0 fully saturated rings. The first-order chi connectivity index (χ1) is 14.9. The van der Waals surface area contributed by atoms with E-state index in [1.54, 1.807) is 60.7 Å². The lowest BCUT2D eigenvalue weighted by Gasteiger charge is -2.17. The van der Waals surface area contributed by atoms with Gasteiger partial charge >= 0.3 is 0 Å². The Hall–Kier alpha value is -2.76. The number of anilines is 1. The van der Waals surface area contributed by atoms with Gasteiger partial charge in [0.05, 0.1) is 5.02 Å². The SMILES string of the molecule is O=C(Nc1ccc(Cl)cc1C(O)c1ccccc1)c1ccc(-c2ccc(Cl)cc2Cl)o1. The van der Waals surface area contributed by atoms with Crippen molar-refractivity contribution in [3.8, 4) is 11.3 Å². The van der Waals surface area contributed by atoms with Crippen LogP contribution in [0.2, 0.25) is 15.1 Å². The van der Waals surface area contributed by atoms with E-state index in [2.05, 4.69) is 5.32 Å². The second kappa shape index (κ2) is 9.16. The van der Waals surface area contributed by atoms with E-state index in [1.165, 1.54) is 0 Å². The summed E-state index contributed by atoms with van der Waals surface area (Å²) < 4.78 is 5.70. The Morgan fingerprint density at radius 1 is 0.871 bits per heavy atom. The van der Waals surface area contributed by atoms with Crippen molar-refractivity contribution in [2.75, 3.05) is 5.32 Å². The van der Waals surface area contributed by atoms with Gasteiger partial charge in [0, 0.05) is 26.9 Å². The van der Waals surface area contributed by atoms with Crippen molar-refractivity contribution in [2.24, 2.45) is 0 Å². The highest BCUT2D eigenvalue weighted by atomic mass is 35.5. The third-order valence-corrected chi connectivity index (χ3v) is 5.48. The molecule has 0 aliphatic rings. The number of carbonyl (C=O) groups is 1. The summed E-state index contributed by atoms with van der Waals surface area (Å²) in [5.41, 5.74) is 2.20. The van der Waals surface area contributed by atoms with Crippen LogP contribution in [0, 0.1) is 0 Å². The quantitative estimate of drug-likeness (QED) is 0.322. The summed E-state index contributed by atoms with van der Waals surface area (Å²) in [5, 5.41) is 15.0. The summed E-state index contributed by atoms with van der Waals surface area (Å²) in [6.07, 6.45) is -0.963. The van der Waals surface area contributed by atoms with E-state index >= 15 is 0 Å². The number of benzene rings is 3. The molecule has 1 amide bonds. The first-order valence-electron chi connectivity index (χ1n) is 9.31. The van der Waals surface area contributed by atoms with E-state index < -0.39 is 12.0 Å². The molecule has 0 saturated heterocycles. The molecule has 0 saturated carbocycles. The van der Waals surface area contributed by atoms with E-state index in [1.807, 2.05) is 18.2 Å². The van der Waals surface area contributed by atoms with Crippen LogP contribution in [0.1, 0.15) is 27.8 Å². The topological polar surface area (TPSA) is 62.5 Å². The molecule has 4 aromatic rings. The van der Waals surface area contributed by atoms with Gasteiger partial charge in [0.15, 0.2) is 5.76 Å². The minimum atomic E-state index is -0.963. The van der Waals surface area contributed by atoms with Gasteiger partial charge < -0.3 is 14.8 Å². The molecule has 0 aliphatic carbocycles. The van der Waals surface area contributed by atoms with Gasteiger partial charge in [0.25, 0.3) is 5.91 Å². The monoisotopic (exact) mass is 471 g/mol. The van der Waals surface area contributed by atoms with Gasteiger partial charge in [-0.1, -0.05) is 65.1 Å². The Kier molecular flexibility index (Phi) is 6.35. The van der Waals surface area contributed by atoms with Gasteiger partial charge in [0.1, 0.15) is 11.9 Å². The van der Waals surface area contributed by atoms with Crippen LogP contribution in [0.25, 0.3) is 11.3 Å². The van der Waals surface area contributed by atoms with Crippen LogP contribution >= 0.6 is 34.8 Å². The van der Waals surface area contributed by atoms with Crippen molar-refractivity contribution in [1.29, 1.82) is 0 Å². The number of aliphatic hydroxyl groups is 1. The zero-order valence-electron chi connectivity index (χ0n) is 16.0. The molecule has 0 aliphatic heterocycles. The van der Waals surface area contributed by atoms with Crippen molar-refractivity contribution >= 4 is 46.4 Å². The maximum absolute atomic E-state index is 12.8. The maximum atomic E-state index is 12.8. The van der Waals surface area contributed by atoms with Gasteiger partial charge in [-0.3, -0.25) is 4.79 Å². The van der Waals surface area contributed by atoms with Crippen molar-refractivity contribution in [3.05, 3.63) is 111 Å². The number of amides is 1. The predicted octanol–water partition coefficient (Wildman–Crippen LogP) is 7.24. The van der Waals surface area contributed by atoms with Crippen LogP contribution in [-0.4, -0.2) is 11.0 Å². The molecule has 0 spiro atoms. The summed E-state index contributed by atoms with van der Waals surface area (Å²) >= 11 is 18.3. The summed E-state index contributed by atoms with van der Waals surface area (Å²) in [4.78, 5) is 12.8. The Labute approximate surface area is 194 Å². The van der Waals surface area contributed by atoms with Gasteiger partial charge in [-0.15, -0.1) is 0 Å². The molecule has 31 heavy (non-hydrogen) atoms. The summed E-state index contributed by atoms with van der Waals surface area (Å²) in [6.45, 7) is 0. The fourth-order valence-electron chi connectivity index (χ4n) is 3.17. The predicted molar refractivity (Wildman–Crippen MR) is 124 cm³/mol. The summed E-state index contributed by atoms with van der Waals surface area (Å²) in [5.74, 6) is 0.0590. The molecule has 0 radical (unpaired) electrons. The number of halogens is 3. The third kappa shape index (κ3) is 4.78. The number of hydrogen-bond donors (Lipinski definition) is 2. The van der Waals surface area contributed by atoms with Gasteiger partial charge in [0.2, 0.25) is 0 Å². The molecule has 4 nitrogen and oxygen atoms in total. The van der Waals surface area contributed by atoms with Crippen LogP contribution < -0.4 is 5.32 Å². The number of carbonyl (C=O) groups excluding carboxylic acids is 1. The van der Waals surface area contributed by atoms with Crippen LogP contribution in [0.3, 0.4) is 0 Å². The largest absolute Gasteiger partial charge is 0.451 e. The van der Waals surface area contributed by atoms with E-state index in [9.17, 15) is 9.90 Å². The molecule has 0 bridgehead atoms. The second-order valence-electron chi connectivity index (χ2n) is 6.79. The van der Waals surface area contributed by atoms with Crippen molar-refractivity contribution in [1.82, 2.24) is 0 Å². The van der Waals surface area contributed by atoms with Crippen LogP contribution in [-0.2, 0) is 0 Å². The van der Waals surface area contributed by atoms with E-state index in [-0.39, 0.29) is 5.76 Å². The fraction of sp³-hybridized carbons (Fsp3) is 0.0417. The minimum Gasteiger partial charge on any atom is -0.451 e. The molecule has 1 aromatic heterocycles. The van der Waals surface area contributed by atoms with Gasteiger partial charge in [-0.25, -0.2) is 0 Å². The molecule has 3 aromatic carbocycles. The highest BCUT2D eigenvalue weighted by Gasteiger charge is 2.19. The highest BCUT2D eigenvalue weighted by molar-refractivity contribution is 6.36. The standard InChI is InChI=1S/C24H16Cl3NO3/c25-15-7-9-20(18(12-15)23(29)14-4-2-1-3-5-14)28-24(30)22-11-10-21(31-22)17-8-6-16(26)13-19(17)27/h1-13,23,29H,(H,28,30).